The minimum Gasteiger partial charge on any atom is -0.383 e. The molecule has 0 bridgehead atoms. The van der Waals surface area contributed by atoms with Crippen LogP contribution in [0.1, 0.15) is 5.56 Å². The van der Waals surface area contributed by atoms with Crippen LogP contribution in [0.5, 0.6) is 0 Å². The maximum Gasteiger partial charge on any atom is 0.129 e. The smallest absolute Gasteiger partial charge is 0.129 e. The fourth-order valence-corrected chi connectivity index (χ4v) is 2.54. The van der Waals surface area contributed by atoms with Gasteiger partial charge in [-0.1, -0.05) is 23.7 Å². The molecule has 106 valence electrons. The van der Waals surface area contributed by atoms with E-state index >= 15 is 0 Å². The molecule has 2 N–H and O–H groups in total. The first kappa shape index (κ1) is 13.6. The van der Waals surface area contributed by atoms with Crippen LogP contribution in [0, 0.1) is 6.92 Å². The van der Waals surface area contributed by atoms with E-state index in [0.29, 0.717) is 10.8 Å². The lowest BCUT2D eigenvalue weighted by Crippen LogP contribution is -1.98. The van der Waals surface area contributed by atoms with E-state index in [1.165, 1.54) is 0 Å². The molecule has 2 aromatic heterocycles. The van der Waals surface area contributed by atoms with Gasteiger partial charge < -0.3 is 5.73 Å². The van der Waals surface area contributed by atoms with Gasteiger partial charge in [-0.15, -0.1) is 0 Å². The van der Waals surface area contributed by atoms with Gasteiger partial charge in [-0.3, -0.25) is 9.67 Å². The average molecular weight is 299 g/mol. The van der Waals surface area contributed by atoms with Crippen molar-refractivity contribution in [1.82, 2.24) is 14.8 Å². The molecule has 3 rings (SSSR count). The zero-order valence-corrected chi connectivity index (χ0v) is 12.6. The van der Waals surface area contributed by atoms with Gasteiger partial charge in [-0.2, -0.15) is 5.10 Å². The molecule has 0 amide bonds. The predicted molar refractivity (Wildman–Crippen MR) is 86.0 cm³/mol. The summed E-state index contributed by atoms with van der Waals surface area (Å²) in [5, 5.41) is 5.24. The van der Waals surface area contributed by atoms with Crippen molar-refractivity contribution in [2.24, 2.45) is 7.05 Å². The number of benzene rings is 1. The van der Waals surface area contributed by atoms with Crippen LogP contribution >= 0.6 is 11.6 Å². The summed E-state index contributed by atoms with van der Waals surface area (Å²) < 4.78 is 1.68. The SMILES string of the molecule is Cc1ccc(Cl)cc1-c1nn(C)c(N)c1-c1cccnc1. The zero-order chi connectivity index (χ0) is 15.0. The van der Waals surface area contributed by atoms with E-state index in [1.54, 1.807) is 17.1 Å². The van der Waals surface area contributed by atoms with Crippen molar-refractivity contribution in [2.45, 2.75) is 6.92 Å². The lowest BCUT2D eigenvalue weighted by atomic mass is 9.99. The largest absolute Gasteiger partial charge is 0.383 e. The fourth-order valence-electron chi connectivity index (χ4n) is 2.37. The third-order valence-corrected chi connectivity index (χ3v) is 3.73. The third-order valence-electron chi connectivity index (χ3n) is 3.50. The predicted octanol–water partition coefficient (Wildman–Crippen LogP) is 3.69. The molecule has 0 aliphatic carbocycles. The average Bonchev–Trinajstić information content (AvgIpc) is 2.78. The minimum absolute atomic E-state index is 0.609. The van der Waals surface area contributed by atoms with Gasteiger partial charge in [0.05, 0.1) is 5.56 Å². The van der Waals surface area contributed by atoms with Gasteiger partial charge in [0, 0.05) is 35.6 Å². The van der Waals surface area contributed by atoms with Crippen LogP contribution in [0.25, 0.3) is 22.4 Å². The van der Waals surface area contributed by atoms with Gasteiger partial charge in [0.1, 0.15) is 11.5 Å². The minimum atomic E-state index is 0.609. The van der Waals surface area contributed by atoms with Crippen LogP contribution in [-0.4, -0.2) is 14.8 Å². The first-order valence-corrected chi connectivity index (χ1v) is 6.95. The van der Waals surface area contributed by atoms with Crippen molar-refractivity contribution in [3.8, 4) is 22.4 Å². The molecule has 0 atom stereocenters. The second-order valence-corrected chi connectivity index (χ2v) is 5.37. The molecular weight excluding hydrogens is 284 g/mol. The van der Waals surface area contributed by atoms with Gasteiger partial charge >= 0.3 is 0 Å². The summed E-state index contributed by atoms with van der Waals surface area (Å²) in [5.74, 6) is 0.609. The summed E-state index contributed by atoms with van der Waals surface area (Å²) in [7, 11) is 1.83. The van der Waals surface area contributed by atoms with Crippen molar-refractivity contribution >= 4 is 17.4 Å². The molecule has 0 unspecified atom stereocenters. The number of nitrogens with zero attached hydrogens (tertiary/aromatic N) is 3. The molecule has 0 saturated carbocycles. The lowest BCUT2D eigenvalue weighted by Gasteiger charge is -2.07. The molecule has 0 fully saturated rings. The number of halogens is 1. The highest BCUT2D eigenvalue weighted by atomic mass is 35.5. The summed E-state index contributed by atoms with van der Waals surface area (Å²) in [6, 6.07) is 9.63. The number of rotatable bonds is 2. The van der Waals surface area contributed by atoms with E-state index < -0.39 is 0 Å². The van der Waals surface area contributed by atoms with Gasteiger partial charge in [0.2, 0.25) is 0 Å². The second-order valence-electron chi connectivity index (χ2n) is 4.93. The van der Waals surface area contributed by atoms with Crippen molar-refractivity contribution in [2.75, 3.05) is 5.73 Å². The summed E-state index contributed by atoms with van der Waals surface area (Å²) in [6.07, 6.45) is 3.52. The number of pyridine rings is 1. The lowest BCUT2D eigenvalue weighted by molar-refractivity contribution is 0.782. The van der Waals surface area contributed by atoms with Crippen molar-refractivity contribution in [3.05, 3.63) is 53.3 Å². The Morgan fingerprint density at radius 1 is 1.24 bits per heavy atom. The number of hydrogen-bond donors (Lipinski definition) is 1. The molecule has 0 radical (unpaired) electrons. The van der Waals surface area contributed by atoms with Crippen LogP contribution < -0.4 is 5.73 Å². The van der Waals surface area contributed by atoms with Crippen LogP contribution in [0.2, 0.25) is 5.02 Å². The Kier molecular flexibility index (Phi) is 3.39. The van der Waals surface area contributed by atoms with Crippen LogP contribution in [0.15, 0.2) is 42.7 Å². The van der Waals surface area contributed by atoms with Gasteiger partial charge in [-0.05, 0) is 30.7 Å². The summed E-state index contributed by atoms with van der Waals surface area (Å²) in [6.45, 7) is 2.03. The van der Waals surface area contributed by atoms with Crippen LogP contribution in [-0.2, 0) is 7.05 Å². The Morgan fingerprint density at radius 3 is 2.76 bits per heavy atom. The molecule has 21 heavy (non-hydrogen) atoms. The molecule has 0 spiro atoms. The van der Waals surface area contributed by atoms with E-state index in [4.69, 9.17) is 17.3 Å². The molecule has 0 aliphatic rings. The van der Waals surface area contributed by atoms with Gasteiger partial charge in [0.15, 0.2) is 0 Å². The maximum absolute atomic E-state index is 6.20. The normalized spacial score (nSPS) is 10.8. The summed E-state index contributed by atoms with van der Waals surface area (Å²) in [4.78, 5) is 4.17. The molecule has 0 aliphatic heterocycles. The Hall–Kier alpha value is -2.33. The van der Waals surface area contributed by atoms with E-state index in [9.17, 15) is 0 Å². The van der Waals surface area contributed by atoms with Crippen molar-refractivity contribution in [3.63, 3.8) is 0 Å². The zero-order valence-electron chi connectivity index (χ0n) is 11.8. The monoisotopic (exact) mass is 298 g/mol. The molecular formula is C16H15ClN4. The maximum atomic E-state index is 6.20. The third kappa shape index (κ3) is 2.38. The number of aryl methyl sites for hydroxylation is 2. The summed E-state index contributed by atoms with van der Waals surface area (Å²) >= 11 is 6.13. The highest BCUT2D eigenvalue weighted by Crippen LogP contribution is 2.37. The topological polar surface area (TPSA) is 56.7 Å². The molecule has 2 heterocycles. The van der Waals surface area contributed by atoms with Crippen LogP contribution in [0.4, 0.5) is 5.82 Å². The molecule has 0 saturated heterocycles. The Balaban J connectivity index is 2.29. The van der Waals surface area contributed by atoms with E-state index in [-0.39, 0.29) is 0 Å². The number of nitrogen functional groups attached to an aromatic ring is 1. The number of nitrogens with two attached hydrogens (primary N) is 1. The molecule has 4 nitrogen and oxygen atoms in total. The number of anilines is 1. The number of hydrogen-bond acceptors (Lipinski definition) is 3. The van der Waals surface area contributed by atoms with Crippen molar-refractivity contribution in [1.29, 1.82) is 0 Å². The Morgan fingerprint density at radius 2 is 2.05 bits per heavy atom. The van der Waals surface area contributed by atoms with E-state index in [2.05, 4.69) is 10.1 Å². The van der Waals surface area contributed by atoms with Crippen LogP contribution in [0.3, 0.4) is 0 Å². The number of aromatic nitrogens is 3. The quantitative estimate of drug-likeness (QED) is 0.785. The first-order valence-electron chi connectivity index (χ1n) is 6.57. The highest BCUT2D eigenvalue weighted by molar-refractivity contribution is 6.30. The first-order chi connectivity index (χ1) is 10.1. The van der Waals surface area contributed by atoms with E-state index in [1.807, 2.05) is 44.3 Å². The van der Waals surface area contributed by atoms with Crippen molar-refractivity contribution < 1.29 is 0 Å². The van der Waals surface area contributed by atoms with E-state index in [0.717, 1.165) is 27.9 Å². The highest BCUT2D eigenvalue weighted by Gasteiger charge is 2.19. The second kappa shape index (κ2) is 5.22. The molecule has 3 aromatic rings. The molecule has 1 aromatic carbocycles. The van der Waals surface area contributed by atoms with Gasteiger partial charge in [0.25, 0.3) is 0 Å². The summed E-state index contributed by atoms with van der Waals surface area (Å²) in [5.41, 5.74) is 10.9. The Labute approximate surface area is 128 Å². The molecule has 5 heteroatoms. The fraction of sp³-hybridized carbons (Fsp3) is 0.125. The Bertz CT molecular complexity index is 794. The standard InChI is InChI=1S/C16H15ClN4/c1-10-5-6-12(17)8-13(10)15-14(16(18)21(2)20-15)11-4-3-7-19-9-11/h3-9H,18H2,1-2H3. The van der Waals surface area contributed by atoms with Gasteiger partial charge in [-0.25, -0.2) is 0 Å².